The average molecular weight is 458 g/mol. The summed E-state index contributed by atoms with van der Waals surface area (Å²) in [6.07, 6.45) is 1.84. The number of aliphatic hydroxyl groups excluding tert-OH is 1. The first-order valence-corrected chi connectivity index (χ1v) is 11.2. The molecule has 0 saturated carbocycles. The van der Waals surface area contributed by atoms with Gasteiger partial charge in [-0.3, -0.25) is 9.50 Å². The van der Waals surface area contributed by atoms with Crippen molar-refractivity contribution >= 4 is 27.4 Å². The van der Waals surface area contributed by atoms with Crippen molar-refractivity contribution in [1.29, 1.82) is 0 Å². The SMILES string of the molecule is COc1ccc(-c2cc3nc(C)cn3c(Nc3cc(C)[nH]n3)n2)cc1S(=O)(=O)NCCO. The van der Waals surface area contributed by atoms with Crippen LogP contribution < -0.4 is 14.8 Å². The van der Waals surface area contributed by atoms with Crippen LogP contribution in [0.3, 0.4) is 0 Å². The highest BCUT2D eigenvalue weighted by atomic mass is 32.2. The molecule has 32 heavy (non-hydrogen) atoms. The topological polar surface area (TPSA) is 147 Å². The van der Waals surface area contributed by atoms with Crippen molar-refractivity contribution in [3.8, 4) is 17.0 Å². The summed E-state index contributed by atoms with van der Waals surface area (Å²) in [6.45, 7) is 3.34. The van der Waals surface area contributed by atoms with Gasteiger partial charge in [-0.05, 0) is 32.0 Å². The second-order valence-corrected chi connectivity index (χ2v) is 8.86. The number of H-pyrrole nitrogens is 1. The van der Waals surface area contributed by atoms with Gasteiger partial charge >= 0.3 is 0 Å². The molecule has 0 saturated heterocycles. The van der Waals surface area contributed by atoms with Crippen molar-refractivity contribution in [1.82, 2.24) is 29.3 Å². The fourth-order valence-electron chi connectivity index (χ4n) is 3.25. The van der Waals surface area contributed by atoms with Crippen LogP contribution in [-0.4, -0.2) is 58.4 Å². The van der Waals surface area contributed by atoms with Crippen LogP contribution in [0.5, 0.6) is 5.75 Å². The molecule has 0 aliphatic heterocycles. The van der Waals surface area contributed by atoms with Crippen molar-refractivity contribution in [2.24, 2.45) is 0 Å². The number of aliphatic hydroxyl groups is 1. The molecule has 0 atom stereocenters. The standard InChI is InChI=1S/C20H23N7O4S/c1-12-8-18(26-25-12)24-20-23-15(10-19-22-13(2)11-27(19)20)14-4-5-16(31-3)17(9-14)32(29,30)21-6-7-28/h4-5,8-11,21,28H,6-7H2,1-3H3,(H2,23,24,25,26). The fraction of sp³-hybridized carbons (Fsp3) is 0.250. The van der Waals surface area contributed by atoms with Crippen LogP contribution >= 0.6 is 0 Å². The molecule has 3 heterocycles. The van der Waals surface area contributed by atoms with Crippen LogP contribution in [0.4, 0.5) is 11.8 Å². The van der Waals surface area contributed by atoms with Crippen LogP contribution in [0.25, 0.3) is 16.9 Å². The lowest BCUT2D eigenvalue weighted by Gasteiger charge is -2.13. The van der Waals surface area contributed by atoms with Gasteiger partial charge in [0.15, 0.2) is 5.82 Å². The Bertz CT molecular complexity index is 1380. The second-order valence-electron chi connectivity index (χ2n) is 7.12. The number of hydrogen-bond acceptors (Lipinski definition) is 8. The molecule has 0 unspecified atom stereocenters. The van der Waals surface area contributed by atoms with E-state index in [9.17, 15) is 8.42 Å². The van der Waals surface area contributed by atoms with E-state index in [2.05, 4.69) is 25.2 Å². The molecule has 168 valence electrons. The summed E-state index contributed by atoms with van der Waals surface area (Å²) in [6, 6.07) is 8.38. The number of ether oxygens (including phenoxy) is 1. The molecule has 3 aromatic heterocycles. The molecule has 11 nitrogen and oxygen atoms in total. The summed E-state index contributed by atoms with van der Waals surface area (Å²) >= 11 is 0. The van der Waals surface area contributed by atoms with Gasteiger partial charge in [-0.1, -0.05) is 0 Å². The van der Waals surface area contributed by atoms with Crippen molar-refractivity contribution in [3.63, 3.8) is 0 Å². The number of aromatic amines is 1. The highest BCUT2D eigenvalue weighted by Crippen LogP contribution is 2.31. The molecule has 4 N–H and O–H groups in total. The summed E-state index contributed by atoms with van der Waals surface area (Å²) in [7, 11) is -2.51. The maximum Gasteiger partial charge on any atom is 0.244 e. The largest absolute Gasteiger partial charge is 0.495 e. The van der Waals surface area contributed by atoms with Gasteiger partial charge in [-0.2, -0.15) is 5.10 Å². The van der Waals surface area contributed by atoms with E-state index in [1.54, 1.807) is 22.6 Å². The van der Waals surface area contributed by atoms with Gasteiger partial charge in [0.2, 0.25) is 16.0 Å². The molecule has 4 aromatic rings. The lowest BCUT2D eigenvalue weighted by Crippen LogP contribution is -2.27. The van der Waals surface area contributed by atoms with Crippen molar-refractivity contribution < 1.29 is 18.3 Å². The molecule has 12 heteroatoms. The molecule has 0 aliphatic rings. The smallest absolute Gasteiger partial charge is 0.244 e. The van der Waals surface area contributed by atoms with Crippen molar-refractivity contribution in [2.75, 3.05) is 25.6 Å². The van der Waals surface area contributed by atoms with E-state index in [4.69, 9.17) is 14.8 Å². The Morgan fingerprint density at radius 1 is 1.19 bits per heavy atom. The maximum atomic E-state index is 12.7. The first-order chi connectivity index (χ1) is 15.3. The molecule has 0 aliphatic carbocycles. The van der Waals surface area contributed by atoms with Crippen LogP contribution in [0, 0.1) is 13.8 Å². The first-order valence-electron chi connectivity index (χ1n) is 9.75. The Labute approximate surface area is 184 Å². The van der Waals surface area contributed by atoms with Gasteiger partial charge in [-0.25, -0.2) is 23.1 Å². The van der Waals surface area contributed by atoms with Crippen molar-refractivity contribution in [2.45, 2.75) is 18.7 Å². The predicted molar refractivity (Wildman–Crippen MR) is 119 cm³/mol. The number of hydrogen-bond donors (Lipinski definition) is 4. The molecule has 1 aromatic carbocycles. The number of aromatic nitrogens is 5. The minimum absolute atomic E-state index is 0.0513. The summed E-state index contributed by atoms with van der Waals surface area (Å²) in [5.74, 6) is 1.25. The maximum absolute atomic E-state index is 12.7. The number of aryl methyl sites for hydroxylation is 2. The highest BCUT2D eigenvalue weighted by molar-refractivity contribution is 7.89. The van der Waals surface area contributed by atoms with Gasteiger partial charge in [0.1, 0.15) is 16.3 Å². The Kier molecular flexibility index (Phi) is 5.82. The molecule has 0 spiro atoms. The van der Waals surface area contributed by atoms with Crippen LogP contribution in [-0.2, 0) is 10.0 Å². The summed E-state index contributed by atoms with van der Waals surface area (Å²) in [5, 5.41) is 19.2. The van der Waals surface area contributed by atoms with E-state index in [0.29, 0.717) is 28.7 Å². The Morgan fingerprint density at radius 3 is 2.69 bits per heavy atom. The number of benzene rings is 1. The normalized spacial score (nSPS) is 11.8. The number of imidazole rings is 1. The van der Waals surface area contributed by atoms with E-state index < -0.39 is 10.0 Å². The van der Waals surface area contributed by atoms with Crippen LogP contribution in [0.15, 0.2) is 41.4 Å². The lowest BCUT2D eigenvalue weighted by atomic mass is 10.1. The molecule has 0 fully saturated rings. The zero-order valence-electron chi connectivity index (χ0n) is 17.7. The Hall–Kier alpha value is -3.48. The monoisotopic (exact) mass is 457 g/mol. The predicted octanol–water partition coefficient (Wildman–Crippen LogP) is 1.76. The first kappa shape index (κ1) is 21.7. The third-order valence-corrected chi connectivity index (χ3v) is 6.15. The van der Waals surface area contributed by atoms with E-state index in [1.807, 2.05) is 26.1 Å². The number of rotatable bonds is 8. The Morgan fingerprint density at radius 2 is 2.00 bits per heavy atom. The van der Waals surface area contributed by atoms with Crippen LogP contribution in [0.2, 0.25) is 0 Å². The second kappa shape index (κ2) is 8.57. The molecule has 0 radical (unpaired) electrons. The third kappa shape index (κ3) is 4.28. The molecular weight excluding hydrogens is 434 g/mol. The zero-order valence-corrected chi connectivity index (χ0v) is 18.6. The van der Waals surface area contributed by atoms with Gasteiger partial charge < -0.3 is 15.2 Å². The summed E-state index contributed by atoms with van der Waals surface area (Å²) in [4.78, 5) is 9.16. The third-order valence-electron chi connectivity index (χ3n) is 4.67. The number of nitrogens with zero attached hydrogens (tertiary/aromatic N) is 4. The molecule has 0 bridgehead atoms. The minimum atomic E-state index is -3.90. The number of fused-ring (bicyclic) bond motifs is 1. The van der Waals surface area contributed by atoms with Crippen LogP contribution in [0.1, 0.15) is 11.4 Å². The molecule has 4 rings (SSSR count). The van der Waals surface area contributed by atoms with Gasteiger partial charge in [-0.15, -0.1) is 0 Å². The fourth-order valence-corrected chi connectivity index (χ4v) is 4.46. The highest BCUT2D eigenvalue weighted by Gasteiger charge is 2.21. The van der Waals surface area contributed by atoms with E-state index in [0.717, 1.165) is 11.4 Å². The average Bonchev–Trinajstić information content (AvgIpc) is 3.36. The lowest BCUT2D eigenvalue weighted by molar-refractivity contribution is 0.301. The number of anilines is 2. The summed E-state index contributed by atoms with van der Waals surface area (Å²) in [5.41, 5.74) is 3.40. The number of methoxy groups -OCH3 is 1. The number of nitrogens with one attached hydrogen (secondary N) is 3. The van der Waals surface area contributed by atoms with E-state index >= 15 is 0 Å². The minimum Gasteiger partial charge on any atom is -0.495 e. The molecular formula is C20H23N7O4S. The van der Waals surface area contributed by atoms with Crippen molar-refractivity contribution in [3.05, 3.63) is 47.9 Å². The summed E-state index contributed by atoms with van der Waals surface area (Å²) < 4.78 is 34.8. The Balaban J connectivity index is 1.83. The number of sulfonamides is 1. The van der Waals surface area contributed by atoms with E-state index in [1.165, 1.54) is 13.2 Å². The zero-order chi connectivity index (χ0) is 22.9. The van der Waals surface area contributed by atoms with Gasteiger partial charge in [0.25, 0.3) is 0 Å². The molecule has 0 amide bonds. The van der Waals surface area contributed by atoms with Gasteiger partial charge in [0.05, 0.1) is 25.1 Å². The quantitative estimate of drug-likeness (QED) is 0.313. The van der Waals surface area contributed by atoms with E-state index in [-0.39, 0.29) is 23.8 Å². The van der Waals surface area contributed by atoms with Gasteiger partial charge in [0, 0.05) is 36.1 Å².